The quantitative estimate of drug-likeness (QED) is 0.173. The van der Waals surface area contributed by atoms with Gasteiger partial charge in [0.2, 0.25) is 0 Å². The maximum Gasteiger partial charge on any atom is 0.253 e. The van der Waals surface area contributed by atoms with E-state index in [4.69, 9.17) is 4.74 Å². The molecule has 3 aliphatic rings. The Hall–Kier alpha value is -5.24. The van der Waals surface area contributed by atoms with Crippen molar-refractivity contribution in [3.05, 3.63) is 169 Å². The van der Waals surface area contributed by atoms with Gasteiger partial charge in [-0.05, 0) is 95.9 Å². The van der Waals surface area contributed by atoms with E-state index in [0.29, 0.717) is 0 Å². The van der Waals surface area contributed by atoms with Crippen LogP contribution in [0.3, 0.4) is 0 Å². The van der Waals surface area contributed by atoms with Gasteiger partial charge in [-0.2, -0.15) is 0 Å². The highest BCUT2D eigenvalue weighted by Crippen LogP contribution is 2.79. The van der Waals surface area contributed by atoms with Crippen LogP contribution in [0.4, 0.5) is 25.8 Å². The fourth-order valence-corrected chi connectivity index (χ4v) is 13.2. The van der Waals surface area contributed by atoms with Crippen LogP contribution in [0.1, 0.15) is 0 Å². The van der Waals surface area contributed by atoms with Crippen LogP contribution in [0.2, 0.25) is 0 Å². The van der Waals surface area contributed by atoms with Gasteiger partial charge in [-0.1, -0.05) is 90.0 Å². The van der Waals surface area contributed by atoms with Gasteiger partial charge in [0.1, 0.15) is 23.1 Å². The highest BCUT2D eigenvalue weighted by molar-refractivity contribution is 8.34. The average molecular weight is 674 g/mol. The minimum Gasteiger partial charge on any atom is -0.458 e. The molecule has 0 amide bonds. The number of ether oxygens (including phenoxy) is 1. The van der Waals surface area contributed by atoms with Gasteiger partial charge < -0.3 is 9.64 Å². The number of para-hydroxylation sites is 1. The summed E-state index contributed by atoms with van der Waals surface area (Å²) in [6.45, 7) is -0.0177. The molecule has 3 aliphatic heterocycles. The molecule has 49 heavy (non-hydrogen) atoms. The topological polar surface area (TPSA) is 12.5 Å². The second-order valence-electron chi connectivity index (χ2n) is 12.3. The molecule has 7 aromatic carbocycles. The highest BCUT2D eigenvalue weighted by atomic mass is 32.3. The number of fused-ring (bicyclic) bond motifs is 6. The maximum atomic E-state index is 15.7. The second-order valence-corrected chi connectivity index (χ2v) is 16.4. The molecule has 0 aromatic heterocycles. The normalized spacial score (nSPS) is 15.1. The summed E-state index contributed by atoms with van der Waals surface area (Å²) in [7, 11) is -2.34. The molecule has 0 unspecified atom stereocenters. The van der Waals surface area contributed by atoms with Gasteiger partial charge >= 0.3 is 0 Å². The summed E-state index contributed by atoms with van der Waals surface area (Å²) in [5, 5.41) is 0. The Morgan fingerprint density at radius 3 is 1.73 bits per heavy atom. The monoisotopic (exact) mass is 673 g/mol. The van der Waals surface area contributed by atoms with Crippen LogP contribution in [-0.4, -0.2) is 6.71 Å². The van der Waals surface area contributed by atoms with E-state index in [9.17, 15) is 0 Å². The standard InChI is InChI=1S/C42H26BF2NOS2/c44-27-19-21-33-39(25-27)49(29-11-3-1-4-12-29,30-13-5-2-6-14-30)40-26-28(45)20-22-34(40)46(33)35-23-24-37-41-42(35)48-38-18-10-8-16-32(38)43(41)31-15-7-9-17-36(31)47-37/h1-26H. The van der Waals surface area contributed by atoms with Crippen molar-refractivity contribution in [2.24, 2.45) is 0 Å². The molecule has 7 aromatic rings. The lowest BCUT2D eigenvalue weighted by Gasteiger charge is -2.50. The van der Waals surface area contributed by atoms with E-state index >= 15 is 8.78 Å². The maximum absolute atomic E-state index is 15.7. The number of hydrogen-bond donors (Lipinski definition) is 0. The van der Waals surface area contributed by atoms with Crippen LogP contribution < -0.4 is 26.0 Å². The molecule has 0 radical (unpaired) electrons. The van der Waals surface area contributed by atoms with Gasteiger partial charge in [0.05, 0.1) is 17.1 Å². The molecule has 0 N–H and O–H groups in total. The average Bonchev–Trinajstić information content (AvgIpc) is 3.15. The van der Waals surface area contributed by atoms with Gasteiger partial charge in [-0.3, -0.25) is 0 Å². The van der Waals surface area contributed by atoms with Crippen molar-refractivity contribution in [1.82, 2.24) is 0 Å². The number of hydrogen-bond acceptors (Lipinski definition) is 3. The molecule has 234 valence electrons. The molecular weight excluding hydrogens is 647 g/mol. The summed E-state index contributed by atoms with van der Waals surface area (Å²) in [5.41, 5.74) is 6.17. The molecule has 3 heterocycles. The van der Waals surface area contributed by atoms with E-state index in [2.05, 4.69) is 77.7 Å². The Bertz CT molecular complexity index is 2350. The van der Waals surface area contributed by atoms with Crippen molar-refractivity contribution in [1.29, 1.82) is 0 Å². The summed E-state index contributed by atoms with van der Waals surface area (Å²) in [6, 6.07) is 51.6. The zero-order chi connectivity index (χ0) is 32.7. The number of anilines is 3. The van der Waals surface area contributed by atoms with Crippen LogP contribution in [0.15, 0.2) is 187 Å². The van der Waals surface area contributed by atoms with Gasteiger partial charge in [0, 0.05) is 29.4 Å². The SMILES string of the molecule is Fc1ccc2c(c1)S(c1ccccc1)(c1ccccc1)c1cc(F)ccc1N2c1ccc2c3c1Sc1ccccc1B3c1ccccc1O2. The molecule has 2 nitrogen and oxygen atoms in total. The Balaban J connectivity index is 1.30. The minimum atomic E-state index is -2.34. The summed E-state index contributed by atoms with van der Waals surface area (Å²) in [5.74, 6) is 1.03. The predicted octanol–water partition coefficient (Wildman–Crippen LogP) is 10.2. The van der Waals surface area contributed by atoms with Crippen molar-refractivity contribution in [2.75, 3.05) is 4.90 Å². The van der Waals surface area contributed by atoms with Gasteiger partial charge in [0.25, 0.3) is 6.71 Å². The summed E-state index contributed by atoms with van der Waals surface area (Å²) >= 11 is 1.73. The van der Waals surface area contributed by atoms with Crippen molar-refractivity contribution in [3.63, 3.8) is 0 Å². The lowest BCUT2D eigenvalue weighted by atomic mass is 9.35. The van der Waals surface area contributed by atoms with Crippen LogP contribution in [0.25, 0.3) is 0 Å². The van der Waals surface area contributed by atoms with Crippen molar-refractivity contribution in [3.8, 4) is 11.5 Å². The number of nitrogens with zero attached hydrogens (tertiary/aromatic N) is 1. The third-order valence-electron chi connectivity index (χ3n) is 9.74. The van der Waals surface area contributed by atoms with Crippen molar-refractivity contribution >= 4 is 62.0 Å². The summed E-state index contributed by atoms with van der Waals surface area (Å²) in [6.07, 6.45) is 0. The van der Waals surface area contributed by atoms with E-state index in [0.717, 1.165) is 64.0 Å². The third kappa shape index (κ3) is 4.09. The smallest absolute Gasteiger partial charge is 0.253 e. The van der Waals surface area contributed by atoms with E-state index in [1.165, 1.54) is 22.5 Å². The van der Waals surface area contributed by atoms with E-state index in [1.807, 2.05) is 60.7 Å². The Morgan fingerprint density at radius 1 is 0.531 bits per heavy atom. The van der Waals surface area contributed by atoms with Crippen molar-refractivity contribution < 1.29 is 13.5 Å². The first-order valence-electron chi connectivity index (χ1n) is 16.2. The molecule has 0 spiro atoms. The first kappa shape index (κ1) is 28.7. The number of rotatable bonds is 3. The summed E-state index contributed by atoms with van der Waals surface area (Å²) < 4.78 is 38.0. The molecule has 0 saturated heterocycles. The lowest BCUT2D eigenvalue weighted by Crippen LogP contribution is -2.57. The Kier molecular flexibility index (Phi) is 6.39. The molecule has 0 bridgehead atoms. The first-order chi connectivity index (χ1) is 24.1. The largest absolute Gasteiger partial charge is 0.458 e. The Labute approximate surface area is 289 Å². The fraction of sp³-hybridized carbons (Fsp3) is 0. The predicted molar refractivity (Wildman–Crippen MR) is 196 cm³/mol. The zero-order valence-electron chi connectivity index (χ0n) is 26.0. The molecule has 0 aliphatic carbocycles. The molecule has 0 saturated carbocycles. The zero-order valence-corrected chi connectivity index (χ0v) is 27.6. The number of halogens is 2. The first-order valence-corrected chi connectivity index (χ1v) is 18.6. The van der Waals surface area contributed by atoms with E-state index < -0.39 is 10.0 Å². The Morgan fingerprint density at radius 2 is 1.08 bits per heavy atom. The second kappa shape index (κ2) is 10.9. The van der Waals surface area contributed by atoms with Gasteiger partial charge in [-0.15, -0.1) is 10.0 Å². The highest BCUT2D eigenvalue weighted by Gasteiger charge is 2.46. The summed E-state index contributed by atoms with van der Waals surface area (Å²) in [4.78, 5) is 8.15. The van der Waals surface area contributed by atoms with Crippen LogP contribution >= 0.6 is 21.8 Å². The molecule has 0 fully saturated rings. The fourth-order valence-electron chi connectivity index (χ4n) is 7.78. The molecule has 7 heteroatoms. The minimum absolute atomic E-state index is 0.0177. The lowest BCUT2D eigenvalue weighted by molar-refractivity contribution is 0.486. The van der Waals surface area contributed by atoms with Gasteiger partial charge in [0.15, 0.2) is 0 Å². The van der Waals surface area contributed by atoms with Gasteiger partial charge in [-0.25, -0.2) is 8.78 Å². The van der Waals surface area contributed by atoms with E-state index in [-0.39, 0.29) is 18.3 Å². The number of benzene rings is 7. The molecular formula is C42H26BF2NOS2. The third-order valence-corrected chi connectivity index (χ3v) is 14.9. The van der Waals surface area contributed by atoms with Crippen LogP contribution in [0, 0.1) is 11.6 Å². The molecule has 10 rings (SSSR count). The van der Waals surface area contributed by atoms with E-state index in [1.54, 1.807) is 23.9 Å². The molecule has 0 atom stereocenters. The van der Waals surface area contributed by atoms with Crippen LogP contribution in [-0.2, 0) is 0 Å². The van der Waals surface area contributed by atoms with Crippen molar-refractivity contribution in [2.45, 2.75) is 29.4 Å². The van der Waals surface area contributed by atoms with Crippen LogP contribution in [0.5, 0.6) is 11.5 Å².